The molecule has 2 heterocycles. The Hall–Kier alpha value is -1.36. The third-order valence-electron chi connectivity index (χ3n) is 3.41. The Kier molecular flexibility index (Phi) is 4.24. The standard InChI is InChI=1S/C14H20N2O2S/c1-9(2)13(15-10(3)17)14(18)16-6-4-12-11(8-16)5-7-19-12/h5,7,9,13H,4,6,8H2,1-3H3,(H,15,17). The molecule has 4 nitrogen and oxygen atoms in total. The largest absolute Gasteiger partial charge is 0.344 e. The van der Waals surface area contributed by atoms with Gasteiger partial charge in [-0.2, -0.15) is 0 Å². The Morgan fingerprint density at radius 3 is 2.79 bits per heavy atom. The molecule has 0 saturated carbocycles. The molecule has 5 heteroatoms. The molecule has 1 unspecified atom stereocenters. The topological polar surface area (TPSA) is 49.4 Å². The number of hydrogen-bond acceptors (Lipinski definition) is 3. The predicted octanol–water partition coefficient (Wildman–Crippen LogP) is 1.79. The van der Waals surface area contributed by atoms with Gasteiger partial charge in [0.2, 0.25) is 11.8 Å². The highest BCUT2D eigenvalue weighted by Crippen LogP contribution is 2.24. The molecule has 0 bridgehead atoms. The minimum absolute atomic E-state index is 0.0297. The summed E-state index contributed by atoms with van der Waals surface area (Å²) in [7, 11) is 0. The average Bonchev–Trinajstić information content (AvgIpc) is 2.81. The first-order chi connectivity index (χ1) is 8.99. The molecule has 0 fully saturated rings. The lowest BCUT2D eigenvalue weighted by Gasteiger charge is -2.32. The minimum atomic E-state index is -0.419. The summed E-state index contributed by atoms with van der Waals surface area (Å²) in [5.74, 6) is -0.0254. The van der Waals surface area contributed by atoms with Crippen LogP contribution in [0.3, 0.4) is 0 Å². The van der Waals surface area contributed by atoms with Gasteiger partial charge in [0.15, 0.2) is 0 Å². The maximum Gasteiger partial charge on any atom is 0.245 e. The monoisotopic (exact) mass is 280 g/mol. The minimum Gasteiger partial charge on any atom is -0.344 e. The van der Waals surface area contributed by atoms with Gasteiger partial charge in [0.25, 0.3) is 0 Å². The van der Waals surface area contributed by atoms with Crippen LogP contribution < -0.4 is 5.32 Å². The fourth-order valence-corrected chi connectivity index (χ4v) is 3.26. The molecule has 1 aliphatic rings. The Balaban J connectivity index is 2.08. The summed E-state index contributed by atoms with van der Waals surface area (Å²) in [6.07, 6.45) is 0.920. The number of carbonyl (C=O) groups excluding carboxylic acids is 2. The Morgan fingerprint density at radius 1 is 1.42 bits per heavy atom. The summed E-state index contributed by atoms with van der Waals surface area (Å²) in [5, 5.41) is 4.84. The second-order valence-electron chi connectivity index (χ2n) is 5.30. The molecular weight excluding hydrogens is 260 g/mol. The van der Waals surface area contributed by atoms with Gasteiger partial charge in [-0.05, 0) is 29.3 Å². The number of carbonyl (C=O) groups is 2. The molecule has 0 aromatic carbocycles. The quantitative estimate of drug-likeness (QED) is 0.917. The van der Waals surface area contributed by atoms with Crippen molar-refractivity contribution >= 4 is 23.2 Å². The van der Waals surface area contributed by atoms with Gasteiger partial charge < -0.3 is 10.2 Å². The summed E-state index contributed by atoms with van der Waals surface area (Å²) in [6, 6.07) is 1.67. The van der Waals surface area contributed by atoms with E-state index >= 15 is 0 Å². The fraction of sp³-hybridized carbons (Fsp3) is 0.571. The first kappa shape index (κ1) is 14.1. The van der Waals surface area contributed by atoms with Gasteiger partial charge in [0.05, 0.1) is 0 Å². The Labute approximate surface area is 117 Å². The molecule has 1 atom stereocenters. The molecule has 2 rings (SSSR count). The number of nitrogens with zero attached hydrogens (tertiary/aromatic N) is 1. The average molecular weight is 280 g/mol. The highest BCUT2D eigenvalue weighted by Gasteiger charge is 2.30. The number of thiophene rings is 1. The second-order valence-corrected chi connectivity index (χ2v) is 6.30. The maximum absolute atomic E-state index is 12.5. The smallest absolute Gasteiger partial charge is 0.245 e. The molecule has 104 valence electrons. The third kappa shape index (κ3) is 3.15. The van der Waals surface area contributed by atoms with Gasteiger partial charge in [0.1, 0.15) is 6.04 Å². The number of rotatable bonds is 3. The number of fused-ring (bicyclic) bond motifs is 1. The number of hydrogen-bond donors (Lipinski definition) is 1. The van der Waals surface area contributed by atoms with Gasteiger partial charge in [-0.25, -0.2) is 0 Å². The van der Waals surface area contributed by atoms with Crippen LogP contribution in [0.1, 0.15) is 31.2 Å². The zero-order valence-corrected chi connectivity index (χ0v) is 12.4. The normalized spacial score (nSPS) is 16.1. The molecule has 1 aliphatic heterocycles. The molecule has 2 amide bonds. The van der Waals surface area contributed by atoms with Crippen molar-refractivity contribution in [2.75, 3.05) is 6.54 Å². The molecular formula is C14H20N2O2S. The van der Waals surface area contributed by atoms with Gasteiger partial charge in [-0.1, -0.05) is 13.8 Å². The second kappa shape index (κ2) is 5.74. The molecule has 1 aromatic rings. The van der Waals surface area contributed by atoms with Crippen molar-refractivity contribution in [3.8, 4) is 0 Å². The van der Waals surface area contributed by atoms with E-state index in [1.54, 1.807) is 11.3 Å². The highest BCUT2D eigenvalue weighted by atomic mass is 32.1. The van der Waals surface area contributed by atoms with E-state index in [-0.39, 0.29) is 17.7 Å². The molecule has 0 radical (unpaired) electrons. The summed E-state index contributed by atoms with van der Waals surface area (Å²) in [6.45, 7) is 6.78. The third-order valence-corrected chi connectivity index (χ3v) is 4.43. The van der Waals surface area contributed by atoms with E-state index in [9.17, 15) is 9.59 Å². The fourth-order valence-electron chi connectivity index (χ4n) is 2.37. The van der Waals surface area contributed by atoms with Crippen molar-refractivity contribution in [3.05, 3.63) is 21.9 Å². The summed E-state index contributed by atoms with van der Waals surface area (Å²) in [4.78, 5) is 27.0. The van der Waals surface area contributed by atoms with E-state index in [1.807, 2.05) is 18.7 Å². The molecule has 0 saturated heterocycles. The lowest BCUT2D eigenvalue weighted by molar-refractivity contribution is -0.138. The lowest BCUT2D eigenvalue weighted by Crippen LogP contribution is -2.51. The van der Waals surface area contributed by atoms with Gasteiger partial charge in [-0.15, -0.1) is 11.3 Å². The molecule has 1 N–H and O–H groups in total. The summed E-state index contributed by atoms with van der Waals surface area (Å²) in [5.41, 5.74) is 1.25. The van der Waals surface area contributed by atoms with Crippen LogP contribution in [-0.4, -0.2) is 29.3 Å². The Morgan fingerprint density at radius 2 is 2.16 bits per heavy atom. The van der Waals surface area contributed by atoms with Gasteiger partial charge in [-0.3, -0.25) is 9.59 Å². The Bertz CT molecular complexity index is 482. The van der Waals surface area contributed by atoms with Crippen molar-refractivity contribution < 1.29 is 9.59 Å². The summed E-state index contributed by atoms with van der Waals surface area (Å²) >= 11 is 1.76. The van der Waals surface area contributed by atoms with Crippen LogP contribution in [-0.2, 0) is 22.6 Å². The van der Waals surface area contributed by atoms with E-state index in [1.165, 1.54) is 17.4 Å². The molecule has 19 heavy (non-hydrogen) atoms. The maximum atomic E-state index is 12.5. The van der Waals surface area contributed by atoms with Crippen LogP contribution in [0, 0.1) is 5.92 Å². The predicted molar refractivity (Wildman–Crippen MR) is 75.9 cm³/mol. The van der Waals surface area contributed by atoms with Crippen molar-refractivity contribution in [1.29, 1.82) is 0 Å². The van der Waals surface area contributed by atoms with E-state index in [0.29, 0.717) is 6.54 Å². The highest BCUT2D eigenvalue weighted by molar-refractivity contribution is 7.10. The lowest BCUT2D eigenvalue weighted by atomic mass is 10.0. The van der Waals surface area contributed by atoms with Crippen molar-refractivity contribution in [1.82, 2.24) is 10.2 Å². The van der Waals surface area contributed by atoms with Crippen LogP contribution in [0.5, 0.6) is 0 Å². The molecule has 0 spiro atoms. The van der Waals surface area contributed by atoms with Crippen LogP contribution in [0.25, 0.3) is 0 Å². The van der Waals surface area contributed by atoms with E-state index in [0.717, 1.165) is 13.0 Å². The SMILES string of the molecule is CC(=O)NC(C(=O)N1CCc2sccc2C1)C(C)C. The van der Waals surface area contributed by atoms with Gasteiger partial charge >= 0.3 is 0 Å². The van der Waals surface area contributed by atoms with Crippen LogP contribution in [0.15, 0.2) is 11.4 Å². The van der Waals surface area contributed by atoms with Crippen molar-refractivity contribution in [2.45, 2.75) is 39.8 Å². The zero-order chi connectivity index (χ0) is 14.0. The van der Waals surface area contributed by atoms with Crippen LogP contribution in [0.4, 0.5) is 0 Å². The van der Waals surface area contributed by atoms with Crippen molar-refractivity contribution in [2.24, 2.45) is 5.92 Å². The number of amides is 2. The molecule has 0 aliphatic carbocycles. The van der Waals surface area contributed by atoms with Crippen molar-refractivity contribution in [3.63, 3.8) is 0 Å². The van der Waals surface area contributed by atoms with E-state index < -0.39 is 6.04 Å². The first-order valence-corrected chi connectivity index (χ1v) is 7.48. The van der Waals surface area contributed by atoms with Crippen LogP contribution >= 0.6 is 11.3 Å². The zero-order valence-electron chi connectivity index (χ0n) is 11.6. The van der Waals surface area contributed by atoms with E-state index in [4.69, 9.17) is 0 Å². The van der Waals surface area contributed by atoms with Gasteiger partial charge in [0, 0.05) is 24.9 Å². The van der Waals surface area contributed by atoms with Crippen LogP contribution in [0.2, 0.25) is 0 Å². The first-order valence-electron chi connectivity index (χ1n) is 6.60. The van der Waals surface area contributed by atoms with E-state index in [2.05, 4.69) is 16.8 Å². The summed E-state index contributed by atoms with van der Waals surface area (Å²) < 4.78 is 0. The molecule has 1 aromatic heterocycles. The number of nitrogens with one attached hydrogen (secondary N) is 1.